The molecule has 24 heavy (non-hydrogen) atoms. The third-order valence-corrected chi connectivity index (χ3v) is 4.02. The first kappa shape index (κ1) is 16.2. The van der Waals surface area contributed by atoms with Crippen molar-refractivity contribution in [2.45, 2.75) is 0 Å². The van der Waals surface area contributed by atoms with Gasteiger partial charge in [-0.2, -0.15) is 0 Å². The molecule has 1 heterocycles. The highest BCUT2D eigenvalue weighted by molar-refractivity contribution is 6.21. The average Bonchev–Trinajstić information content (AvgIpc) is 3.04. The monoisotopic (exact) mass is 319 g/mol. The molecule has 0 spiro atoms. The third kappa shape index (κ3) is 3.47. The summed E-state index contributed by atoms with van der Waals surface area (Å²) in [7, 11) is 3.56. The first-order valence-corrected chi connectivity index (χ1v) is 8.01. The van der Waals surface area contributed by atoms with Crippen LogP contribution in [0, 0.1) is 0 Å². The fourth-order valence-corrected chi connectivity index (χ4v) is 2.81. The van der Waals surface area contributed by atoms with Crippen LogP contribution in [0.4, 0.5) is 0 Å². The fraction of sp³-hybridized carbons (Fsp3) is 0.190. The molecule has 0 atom stereocenters. The van der Waals surface area contributed by atoms with Crippen molar-refractivity contribution in [1.29, 1.82) is 0 Å². The number of ether oxygens (including phenoxy) is 1. The van der Waals surface area contributed by atoms with Crippen LogP contribution in [0.1, 0.15) is 11.1 Å². The Hall–Kier alpha value is -2.65. The van der Waals surface area contributed by atoms with Gasteiger partial charge in [-0.05, 0) is 28.3 Å². The van der Waals surface area contributed by atoms with E-state index >= 15 is 0 Å². The summed E-state index contributed by atoms with van der Waals surface area (Å²) in [4.78, 5) is 14.4. The Labute approximate surface area is 142 Å². The Morgan fingerprint density at radius 2 is 1.58 bits per heavy atom. The van der Waals surface area contributed by atoms with Crippen LogP contribution in [0.15, 0.2) is 71.8 Å². The number of hydrogen-bond acceptors (Lipinski definition) is 2. The van der Waals surface area contributed by atoms with Gasteiger partial charge in [-0.1, -0.05) is 60.7 Å². The van der Waals surface area contributed by atoms with Crippen LogP contribution in [-0.2, 0) is 9.53 Å². The van der Waals surface area contributed by atoms with Crippen LogP contribution >= 0.6 is 0 Å². The molecule has 1 aliphatic heterocycles. The number of amides is 1. The second-order valence-electron chi connectivity index (χ2n) is 5.99. The van der Waals surface area contributed by atoms with Crippen LogP contribution in [0.3, 0.4) is 0 Å². The van der Waals surface area contributed by atoms with E-state index in [1.165, 1.54) is 0 Å². The molecule has 2 aromatic carbocycles. The molecule has 0 aromatic heterocycles. The van der Waals surface area contributed by atoms with Crippen molar-refractivity contribution < 1.29 is 9.53 Å². The summed E-state index contributed by atoms with van der Waals surface area (Å²) in [6.45, 7) is 0.990. The quantitative estimate of drug-likeness (QED) is 0.808. The first-order chi connectivity index (χ1) is 11.7. The largest absolute Gasteiger partial charge is 0.372 e. The number of carbonyl (C=O) groups is 1. The van der Waals surface area contributed by atoms with E-state index in [-0.39, 0.29) is 5.91 Å². The number of rotatable bonds is 3. The molecule has 1 fully saturated rings. The van der Waals surface area contributed by atoms with Gasteiger partial charge in [0.2, 0.25) is 0 Å². The smallest absolute Gasteiger partial charge is 0.254 e. The van der Waals surface area contributed by atoms with E-state index < -0.39 is 0 Å². The van der Waals surface area contributed by atoms with E-state index in [0.29, 0.717) is 13.2 Å². The van der Waals surface area contributed by atoms with Gasteiger partial charge in [0, 0.05) is 14.1 Å². The van der Waals surface area contributed by atoms with Crippen molar-refractivity contribution in [3.05, 3.63) is 82.9 Å². The van der Waals surface area contributed by atoms with Gasteiger partial charge < -0.3 is 9.64 Å². The Morgan fingerprint density at radius 1 is 0.958 bits per heavy atom. The standard InChI is InChI=1S/C21H21NO2/c1-22(2)21(23)20(17-11-7-4-8-12-17)19-15-24-14-18(19)13-16-9-5-3-6-10-16/h3-13H,14-15H2,1-2H3/b18-13+,20-19+. The number of nitrogens with zero attached hydrogens (tertiary/aromatic N) is 1. The van der Waals surface area contributed by atoms with Crippen LogP contribution < -0.4 is 0 Å². The summed E-state index contributed by atoms with van der Waals surface area (Å²) in [5.74, 6) is 0.000613. The molecule has 1 aliphatic rings. The molecule has 0 N–H and O–H groups in total. The molecule has 0 saturated carbocycles. The lowest BCUT2D eigenvalue weighted by molar-refractivity contribution is -0.122. The summed E-state index contributed by atoms with van der Waals surface area (Å²) >= 11 is 0. The lowest BCUT2D eigenvalue weighted by Gasteiger charge is -2.17. The fourth-order valence-electron chi connectivity index (χ4n) is 2.81. The molecular formula is C21H21NO2. The predicted molar refractivity (Wildman–Crippen MR) is 97.3 cm³/mol. The molecule has 0 unspecified atom stereocenters. The molecule has 1 saturated heterocycles. The van der Waals surface area contributed by atoms with Crippen LogP contribution in [0.5, 0.6) is 0 Å². The molecule has 1 amide bonds. The van der Waals surface area contributed by atoms with Gasteiger partial charge in [0.1, 0.15) is 0 Å². The molecule has 0 aliphatic carbocycles. The zero-order valence-electron chi connectivity index (χ0n) is 14.0. The van der Waals surface area contributed by atoms with E-state index in [9.17, 15) is 4.79 Å². The average molecular weight is 319 g/mol. The van der Waals surface area contributed by atoms with Crippen molar-refractivity contribution >= 4 is 17.6 Å². The Bertz CT molecular complexity index is 774. The SMILES string of the molecule is CN(C)C(=O)/C(=C1\COC\C1=C/c1ccccc1)c1ccccc1. The normalized spacial score (nSPS) is 17.8. The predicted octanol–water partition coefficient (Wildman–Crippen LogP) is 3.64. The zero-order valence-corrected chi connectivity index (χ0v) is 14.0. The summed E-state index contributed by atoms with van der Waals surface area (Å²) in [6, 6.07) is 19.9. The topological polar surface area (TPSA) is 29.5 Å². The first-order valence-electron chi connectivity index (χ1n) is 8.01. The van der Waals surface area contributed by atoms with Gasteiger partial charge in [-0.3, -0.25) is 4.79 Å². The number of benzene rings is 2. The minimum Gasteiger partial charge on any atom is -0.372 e. The summed E-state index contributed by atoms with van der Waals surface area (Å²) < 4.78 is 5.68. The van der Waals surface area contributed by atoms with Gasteiger partial charge in [-0.15, -0.1) is 0 Å². The highest BCUT2D eigenvalue weighted by atomic mass is 16.5. The minimum absolute atomic E-state index is 0.000613. The Kier molecular flexibility index (Phi) is 4.92. The summed E-state index contributed by atoms with van der Waals surface area (Å²) in [5.41, 5.74) is 4.80. The maximum Gasteiger partial charge on any atom is 0.254 e. The number of hydrogen-bond donors (Lipinski definition) is 0. The van der Waals surface area contributed by atoms with Crippen molar-refractivity contribution in [3.8, 4) is 0 Å². The summed E-state index contributed by atoms with van der Waals surface area (Å²) in [5, 5.41) is 0. The Balaban J connectivity index is 2.13. The lowest BCUT2D eigenvalue weighted by atomic mass is 9.94. The van der Waals surface area contributed by atoms with Crippen molar-refractivity contribution in [1.82, 2.24) is 4.90 Å². The van der Waals surface area contributed by atoms with E-state index in [4.69, 9.17) is 4.74 Å². The van der Waals surface area contributed by atoms with E-state index in [2.05, 4.69) is 18.2 Å². The van der Waals surface area contributed by atoms with Crippen LogP contribution in [0.25, 0.3) is 11.6 Å². The van der Waals surface area contributed by atoms with E-state index in [1.54, 1.807) is 19.0 Å². The molecule has 2 aromatic rings. The number of carbonyl (C=O) groups excluding carboxylic acids is 1. The van der Waals surface area contributed by atoms with Crippen LogP contribution in [0.2, 0.25) is 0 Å². The molecule has 122 valence electrons. The van der Waals surface area contributed by atoms with Crippen LogP contribution in [-0.4, -0.2) is 38.1 Å². The van der Waals surface area contributed by atoms with E-state index in [1.807, 2.05) is 48.5 Å². The molecule has 3 heteroatoms. The second-order valence-corrected chi connectivity index (χ2v) is 5.99. The molecule has 0 radical (unpaired) electrons. The maximum atomic E-state index is 12.8. The van der Waals surface area contributed by atoms with Gasteiger partial charge in [0.25, 0.3) is 5.91 Å². The number of likely N-dealkylation sites (N-methyl/N-ethyl adjacent to an activating group) is 1. The van der Waals surface area contributed by atoms with E-state index in [0.717, 1.165) is 27.8 Å². The molecular weight excluding hydrogens is 298 g/mol. The highest BCUT2D eigenvalue weighted by Crippen LogP contribution is 2.31. The van der Waals surface area contributed by atoms with Gasteiger partial charge in [0.05, 0.1) is 18.8 Å². The van der Waals surface area contributed by atoms with Gasteiger partial charge >= 0.3 is 0 Å². The highest BCUT2D eigenvalue weighted by Gasteiger charge is 2.25. The van der Waals surface area contributed by atoms with Crippen molar-refractivity contribution in [3.63, 3.8) is 0 Å². The Morgan fingerprint density at radius 3 is 2.21 bits per heavy atom. The van der Waals surface area contributed by atoms with Crippen molar-refractivity contribution in [2.24, 2.45) is 0 Å². The maximum absolute atomic E-state index is 12.8. The van der Waals surface area contributed by atoms with Gasteiger partial charge in [-0.25, -0.2) is 0 Å². The summed E-state index contributed by atoms with van der Waals surface area (Å²) in [6.07, 6.45) is 2.11. The third-order valence-electron chi connectivity index (χ3n) is 4.02. The van der Waals surface area contributed by atoms with Crippen molar-refractivity contribution in [2.75, 3.05) is 27.3 Å². The molecule has 3 rings (SSSR count). The second kappa shape index (κ2) is 7.28. The minimum atomic E-state index is 0.000613. The lowest BCUT2D eigenvalue weighted by Crippen LogP contribution is -2.24. The zero-order chi connectivity index (χ0) is 16.9. The molecule has 3 nitrogen and oxygen atoms in total. The van der Waals surface area contributed by atoms with Gasteiger partial charge in [0.15, 0.2) is 0 Å². The molecule has 0 bridgehead atoms.